The second kappa shape index (κ2) is 3.80. The Labute approximate surface area is 102 Å². The fraction of sp³-hybridized carbons (Fsp3) is 0.273. The number of hydrogen-bond acceptors (Lipinski definition) is 6. The van der Waals surface area contributed by atoms with Crippen LogP contribution in [0.1, 0.15) is 17.1 Å². The fourth-order valence-electron chi connectivity index (χ4n) is 1.84. The first-order valence-corrected chi connectivity index (χ1v) is 5.43. The third-order valence-electron chi connectivity index (χ3n) is 2.83. The summed E-state index contributed by atoms with van der Waals surface area (Å²) in [5.74, 6) is 2.88. The Bertz CT molecular complexity index is 680. The molecule has 0 atom stereocenters. The highest BCUT2D eigenvalue weighted by molar-refractivity contribution is 5.63. The predicted molar refractivity (Wildman–Crippen MR) is 61.6 cm³/mol. The fourth-order valence-corrected chi connectivity index (χ4v) is 1.84. The summed E-state index contributed by atoms with van der Waals surface area (Å²) in [6.07, 6.45) is 1.39. The van der Waals surface area contributed by atoms with Crippen LogP contribution in [0.25, 0.3) is 23.1 Å². The normalized spacial score (nSPS) is 11.1. The summed E-state index contributed by atoms with van der Waals surface area (Å²) in [6, 6.07) is 0. The van der Waals surface area contributed by atoms with Gasteiger partial charge in [0, 0.05) is 5.56 Å². The van der Waals surface area contributed by atoms with Crippen molar-refractivity contribution in [1.29, 1.82) is 0 Å². The van der Waals surface area contributed by atoms with Gasteiger partial charge in [0.25, 0.3) is 5.89 Å². The van der Waals surface area contributed by atoms with Crippen LogP contribution in [0.5, 0.6) is 0 Å². The van der Waals surface area contributed by atoms with Crippen molar-refractivity contribution >= 4 is 0 Å². The molecule has 0 radical (unpaired) electrons. The number of aromatic amines is 1. The van der Waals surface area contributed by atoms with Gasteiger partial charge in [0.15, 0.2) is 5.82 Å². The maximum absolute atomic E-state index is 5.54. The van der Waals surface area contributed by atoms with Crippen molar-refractivity contribution in [2.45, 2.75) is 20.8 Å². The van der Waals surface area contributed by atoms with Gasteiger partial charge in [0.1, 0.15) is 17.8 Å². The van der Waals surface area contributed by atoms with Crippen molar-refractivity contribution in [3.05, 3.63) is 23.4 Å². The third-order valence-corrected chi connectivity index (χ3v) is 2.83. The molecule has 0 amide bonds. The van der Waals surface area contributed by atoms with Crippen LogP contribution >= 0.6 is 0 Å². The highest BCUT2D eigenvalue weighted by Gasteiger charge is 2.20. The van der Waals surface area contributed by atoms with Gasteiger partial charge in [-0.3, -0.25) is 5.10 Å². The lowest BCUT2D eigenvalue weighted by molar-refractivity contribution is 0.430. The lowest BCUT2D eigenvalue weighted by Crippen LogP contribution is -1.85. The smallest absolute Gasteiger partial charge is 0.262 e. The highest BCUT2D eigenvalue weighted by Crippen LogP contribution is 2.30. The number of furan rings is 1. The maximum atomic E-state index is 5.54. The van der Waals surface area contributed by atoms with Crippen molar-refractivity contribution < 1.29 is 8.94 Å². The average Bonchev–Trinajstić information content (AvgIpc) is 3.01. The molecule has 0 fully saturated rings. The first kappa shape index (κ1) is 10.7. The van der Waals surface area contributed by atoms with Gasteiger partial charge in [-0.2, -0.15) is 10.1 Å². The van der Waals surface area contributed by atoms with Crippen molar-refractivity contribution in [3.63, 3.8) is 0 Å². The van der Waals surface area contributed by atoms with Crippen molar-refractivity contribution in [1.82, 2.24) is 25.3 Å². The summed E-state index contributed by atoms with van der Waals surface area (Å²) in [5.41, 5.74) is 1.84. The van der Waals surface area contributed by atoms with Crippen LogP contribution in [0.3, 0.4) is 0 Å². The summed E-state index contributed by atoms with van der Waals surface area (Å²) < 4.78 is 10.8. The molecule has 0 saturated heterocycles. The number of hydrogen-bond donors (Lipinski definition) is 1. The van der Waals surface area contributed by atoms with Crippen molar-refractivity contribution in [2.24, 2.45) is 0 Å². The van der Waals surface area contributed by atoms with Gasteiger partial charge in [-0.1, -0.05) is 5.16 Å². The summed E-state index contributed by atoms with van der Waals surface area (Å²) in [7, 11) is 0. The van der Waals surface area contributed by atoms with Crippen LogP contribution in [-0.4, -0.2) is 25.3 Å². The quantitative estimate of drug-likeness (QED) is 0.742. The SMILES string of the molecule is Cc1oc(C)c(-c2nc(-c3ncn[nH]3)no2)c1C. The molecular formula is C11H11N5O2. The molecule has 18 heavy (non-hydrogen) atoms. The van der Waals surface area contributed by atoms with E-state index in [0.717, 1.165) is 22.6 Å². The van der Waals surface area contributed by atoms with Gasteiger partial charge < -0.3 is 8.94 Å². The molecule has 92 valence electrons. The molecule has 0 bridgehead atoms. The minimum atomic E-state index is 0.375. The molecule has 7 heteroatoms. The number of rotatable bonds is 2. The molecule has 3 heterocycles. The zero-order chi connectivity index (χ0) is 12.7. The third kappa shape index (κ3) is 1.52. The maximum Gasteiger partial charge on any atom is 0.262 e. The van der Waals surface area contributed by atoms with Gasteiger partial charge in [-0.05, 0) is 20.8 Å². The molecule has 0 aliphatic carbocycles. The van der Waals surface area contributed by atoms with E-state index in [9.17, 15) is 0 Å². The van der Waals surface area contributed by atoms with E-state index in [-0.39, 0.29) is 0 Å². The van der Waals surface area contributed by atoms with Crippen LogP contribution in [0, 0.1) is 20.8 Å². The average molecular weight is 245 g/mol. The Morgan fingerprint density at radius 3 is 2.61 bits per heavy atom. The largest absolute Gasteiger partial charge is 0.466 e. The van der Waals surface area contributed by atoms with E-state index in [0.29, 0.717) is 17.5 Å². The highest BCUT2D eigenvalue weighted by atomic mass is 16.5. The molecule has 3 rings (SSSR count). The molecule has 0 saturated carbocycles. The van der Waals surface area contributed by atoms with Crippen LogP contribution in [0.15, 0.2) is 15.3 Å². The molecule has 0 aliphatic rings. The molecule has 7 nitrogen and oxygen atoms in total. The Morgan fingerprint density at radius 1 is 1.17 bits per heavy atom. The van der Waals surface area contributed by atoms with Crippen LogP contribution in [0.2, 0.25) is 0 Å². The van der Waals surface area contributed by atoms with E-state index < -0.39 is 0 Å². The topological polar surface area (TPSA) is 93.6 Å². The molecule has 1 N–H and O–H groups in total. The van der Waals surface area contributed by atoms with Crippen LogP contribution in [-0.2, 0) is 0 Å². The summed E-state index contributed by atoms with van der Waals surface area (Å²) in [6.45, 7) is 5.73. The molecule has 0 spiro atoms. The van der Waals surface area contributed by atoms with Crippen molar-refractivity contribution in [3.8, 4) is 23.1 Å². The molecular weight excluding hydrogens is 234 g/mol. The Hall–Kier alpha value is -2.44. The summed E-state index contributed by atoms with van der Waals surface area (Å²) in [4.78, 5) is 8.25. The standard InChI is InChI=1S/C11H11N5O2/c1-5-6(2)17-7(3)8(5)11-14-10(16-18-11)9-12-4-13-15-9/h4H,1-3H3,(H,12,13,15). The zero-order valence-electron chi connectivity index (χ0n) is 10.2. The Kier molecular flexibility index (Phi) is 2.26. The van der Waals surface area contributed by atoms with Gasteiger partial charge in [-0.15, -0.1) is 0 Å². The number of aryl methyl sites for hydroxylation is 2. The van der Waals surface area contributed by atoms with E-state index in [1.807, 2.05) is 20.8 Å². The number of nitrogens with zero attached hydrogens (tertiary/aromatic N) is 4. The second-order valence-corrected chi connectivity index (χ2v) is 3.97. The second-order valence-electron chi connectivity index (χ2n) is 3.97. The molecule has 0 aromatic carbocycles. The number of H-pyrrole nitrogens is 1. The number of nitrogens with one attached hydrogen (secondary N) is 1. The van der Waals surface area contributed by atoms with Gasteiger partial charge in [0.05, 0.1) is 5.56 Å². The lowest BCUT2D eigenvalue weighted by Gasteiger charge is -1.91. The van der Waals surface area contributed by atoms with Crippen molar-refractivity contribution in [2.75, 3.05) is 0 Å². The number of aromatic nitrogens is 5. The molecule has 0 unspecified atom stereocenters. The van der Waals surface area contributed by atoms with Gasteiger partial charge >= 0.3 is 0 Å². The predicted octanol–water partition coefficient (Wildman–Crippen LogP) is 2.04. The Morgan fingerprint density at radius 2 is 2.00 bits per heavy atom. The van der Waals surface area contributed by atoms with Gasteiger partial charge in [-0.25, -0.2) is 4.98 Å². The van der Waals surface area contributed by atoms with Crippen LogP contribution < -0.4 is 0 Å². The summed E-state index contributed by atoms with van der Waals surface area (Å²) >= 11 is 0. The van der Waals surface area contributed by atoms with E-state index in [4.69, 9.17) is 8.94 Å². The van der Waals surface area contributed by atoms with Gasteiger partial charge in [0.2, 0.25) is 5.82 Å². The lowest BCUT2D eigenvalue weighted by atomic mass is 10.1. The monoisotopic (exact) mass is 245 g/mol. The minimum Gasteiger partial charge on any atom is -0.466 e. The van der Waals surface area contributed by atoms with E-state index in [1.54, 1.807) is 0 Å². The van der Waals surface area contributed by atoms with E-state index in [1.165, 1.54) is 6.33 Å². The molecule has 3 aromatic rings. The Balaban J connectivity index is 2.08. The molecule has 0 aliphatic heterocycles. The van der Waals surface area contributed by atoms with Crippen LogP contribution in [0.4, 0.5) is 0 Å². The van der Waals surface area contributed by atoms with E-state index in [2.05, 4.69) is 25.3 Å². The minimum absolute atomic E-state index is 0.375. The van der Waals surface area contributed by atoms with E-state index >= 15 is 0 Å². The zero-order valence-corrected chi connectivity index (χ0v) is 10.2. The first-order chi connectivity index (χ1) is 8.66. The molecule has 3 aromatic heterocycles. The summed E-state index contributed by atoms with van der Waals surface area (Å²) in [5, 5.41) is 10.3. The first-order valence-electron chi connectivity index (χ1n) is 5.43.